The third-order valence-corrected chi connectivity index (χ3v) is 5.19. The molecule has 0 saturated carbocycles. The molecule has 0 bridgehead atoms. The molecule has 0 N–H and O–H groups in total. The molecule has 1 aliphatic rings. The standard InChI is InChI=1S/C21H24N4O/c1-15(2)20-12-18(17-7-3-4-8-19(17)23-20)21(26)24-10-5-6-16(13-24)25-11-9-22-14-25/h3-4,7-9,11-12,14-16H,5-6,10,13H2,1-2H3/t16-/m0/s1. The quantitative estimate of drug-likeness (QED) is 0.718. The molecular formula is C21H24N4O. The topological polar surface area (TPSA) is 51.0 Å². The van der Waals surface area contributed by atoms with Gasteiger partial charge in [0.15, 0.2) is 0 Å². The summed E-state index contributed by atoms with van der Waals surface area (Å²) in [5.41, 5.74) is 2.63. The zero-order valence-electron chi connectivity index (χ0n) is 15.3. The normalized spacial score (nSPS) is 17.8. The highest BCUT2D eigenvalue weighted by atomic mass is 16.2. The van der Waals surface area contributed by atoms with Gasteiger partial charge in [-0.15, -0.1) is 0 Å². The number of fused-ring (bicyclic) bond motifs is 1. The first-order chi connectivity index (χ1) is 12.6. The maximum atomic E-state index is 13.4. The SMILES string of the molecule is CC(C)c1cc(C(=O)N2CCC[C@H](n3ccnc3)C2)c2ccccc2n1. The number of amides is 1. The predicted molar refractivity (Wildman–Crippen MR) is 102 cm³/mol. The highest BCUT2D eigenvalue weighted by molar-refractivity contribution is 6.06. The largest absolute Gasteiger partial charge is 0.337 e. The van der Waals surface area contributed by atoms with Gasteiger partial charge in [0.25, 0.3) is 5.91 Å². The number of nitrogens with zero attached hydrogens (tertiary/aromatic N) is 4. The van der Waals surface area contributed by atoms with Crippen LogP contribution in [0.1, 0.15) is 54.7 Å². The molecule has 1 aliphatic heterocycles. The number of carbonyl (C=O) groups excluding carboxylic acids is 1. The molecule has 3 aromatic rings. The minimum Gasteiger partial charge on any atom is -0.337 e. The number of aromatic nitrogens is 3. The van der Waals surface area contributed by atoms with Crippen molar-refractivity contribution in [1.29, 1.82) is 0 Å². The molecule has 0 unspecified atom stereocenters. The second-order valence-electron chi connectivity index (χ2n) is 7.32. The van der Waals surface area contributed by atoms with Crippen molar-refractivity contribution in [2.75, 3.05) is 13.1 Å². The number of benzene rings is 1. The summed E-state index contributed by atoms with van der Waals surface area (Å²) in [5.74, 6) is 0.390. The molecule has 1 fully saturated rings. The van der Waals surface area contributed by atoms with E-state index in [1.54, 1.807) is 6.20 Å². The van der Waals surface area contributed by atoms with Crippen molar-refractivity contribution < 1.29 is 4.79 Å². The third-order valence-electron chi connectivity index (χ3n) is 5.19. The third kappa shape index (κ3) is 3.09. The first kappa shape index (κ1) is 16.8. The van der Waals surface area contributed by atoms with Gasteiger partial charge in [0.1, 0.15) is 0 Å². The van der Waals surface area contributed by atoms with E-state index in [1.165, 1.54) is 0 Å². The Labute approximate surface area is 153 Å². The lowest BCUT2D eigenvalue weighted by atomic mass is 10.00. The van der Waals surface area contributed by atoms with E-state index >= 15 is 0 Å². The number of hydrogen-bond acceptors (Lipinski definition) is 3. The van der Waals surface area contributed by atoms with Gasteiger partial charge in [-0.1, -0.05) is 32.0 Å². The van der Waals surface area contributed by atoms with Crippen LogP contribution in [-0.4, -0.2) is 38.4 Å². The maximum absolute atomic E-state index is 13.4. The first-order valence-corrected chi connectivity index (χ1v) is 9.30. The van der Waals surface area contributed by atoms with Crippen LogP contribution in [0.4, 0.5) is 0 Å². The average molecular weight is 348 g/mol. The van der Waals surface area contributed by atoms with Crippen molar-refractivity contribution in [2.45, 2.75) is 38.6 Å². The molecule has 1 atom stereocenters. The summed E-state index contributed by atoms with van der Waals surface area (Å²) >= 11 is 0. The molecule has 0 aliphatic carbocycles. The van der Waals surface area contributed by atoms with Gasteiger partial charge in [0.05, 0.1) is 23.4 Å². The molecule has 26 heavy (non-hydrogen) atoms. The molecule has 134 valence electrons. The number of hydrogen-bond donors (Lipinski definition) is 0. The van der Waals surface area contributed by atoms with Gasteiger partial charge in [-0.3, -0.25) is 9.78 Å². The van der Waals surface area contributed by atoms with Gasteiger partial charge >= 0.3 is 0 Å². The summed E-state index contributed by atoms with van der Waals surface area (Å²) in [5, 5.41) is 0.937. The number of likely N-dealkylation sites (tertiary alicyclic amines) is 1. The monoisotopic (exact) mass is 348 g/mol. The molecule has 1 aromatic carbocycles. The highest BCUT2D eigenvalue weighted by Gasteiger charge is 2.27. The van der Waals surface area contributed by atoms with Crippen LogP contribution in [0.15, 0.2) is 49.1 Å². The van der Waals surface area contributed by atoms with E-state index in [1.807, 2.05) is 47.8 Å². The molecule has 2 aromatic heterocycles. The lowest BCUT2D eigenvalue weighted by Gasteiger charge is -2.33. The van der Waals surface area contributed by atoms with Crippen molar-refractivity contribution in [3.63, 3.8) is 0 Å². The number of piperidine rings is 1. The molecule has 0 radical (unpaired) electrons. The Kier molecular flexibility index (Phi) is 4.45. The van der Waals surface area contributed by atoms with E-state index in [0.717, 1.165) is 48.1 Å². The van der Waals surface area contributed by atoms with E-state index in [4.69, 9.17) is 4.98 Å². The van der Waals surface area contributed by atoms with Crippen molar-refractivity contribution in [3.05, 3.63) is 60.3 Å². The summed E-state index contributed by atoms with van der Waals surface area (Å²) in [6.07, 6.45) is 7.71. The van der Waals surface area contributed by atoms with Gasteiger partial charge in [-0.25, -0.2) is 4.98 Å². The number of pyridine rings is 1. The fourth-order valence-electron chi connectivity index (χ4n) is 3.71. The average Bonchev–Trinajstić information content (AvgIpc) is 3.21. The number of carbonyl (C=O) groups is 1. The van der Waals surface area contributed by atoms with E-state index < -0.39 is 0 Å². The predicted octanol–water partition coefficient (Wildman–Crippen LogP) is 4.03. The molecule has 1 saturated heterocycles. The van der Waals surface area contributed by atoms with Crippen LogP contribution in [0.25, 0.3) is 10.9 Å². The lowest BCUT2D eigenvalue weighted by Crippen LogP contribution is -2.40. The summed E-state index contributed by atoms with van der Waals surface area (Å²) in [6, 6.07) is 10.2. The van der Waals surface area contributed by atoms with E-state index in [-0.39, 0.29) is 11.8 Å². The zero-order valence-corrected chi connectivity index (χ0v) is 15.3. The van der Waals surface area contributed by atoms with Crippen molar-refractivity contribution >= 4 is 16.8 Å². The molecule has 0 spiro atoms. The Bertz CT molecular complexity index is 917. The Balaban J connectivity index is 1.69. The Morgan fingerprint density at radius 3 is 2.88 bits per heavy atom. The highest BCUT2D eigenvalue weighted by Crippen LogP contribution is 2.27. The van der Waals surface area contributed by atoms with Crippen molar-refractivity contribution in [3.8, 4) is 0 Å². The fourth-order valence-corrected chi connectivity index (χ4v) is 3.71. The summed E-state index contributed by atoms with van der Waals surface area (Å²) in [4.78, 5) is 24.2. The number of imidazole rings is 1. The van der Waals surface area contributed by atoms with Crippen LogP contribution < -0.4 is 0 Å². The summed E-state index contributed by atoms with van der Waals surface area (Å²) in [6.45, 7) is 5.75. The molecular weight excluding hydrogens is 324 g/mol. The van der Waals surface area contributed by atoms with E-state index in [2.05, 4.69) is 23.4 Å². The minimum absolute atomic E-state index is 0.107. The Morgan fingerprint density at radius 1 is 1.27 bits per heavy atom. The minimum atomic E-state index is 0.107. The lowest BCUT2D eigenvalue weighted by molar-refractivity contribution is 0.0681. The summed E-state index contributed by atoms with van der Waals surface area (Å²) in [7, 11) is 0. The van der Waals surface area contributed by atoms with Gasteiger partial charge in [-0.05, 0) is 30.9 Å². The molecule has 3 heterocycles. The molecule has 1 amide bonds. The van der Waals surface area contributed by atoms with Gasteiger partial charge in [0.2, 0.25) is 0 Å². The molecule has 5 nitrogen and oxygen atoms in total. The van der Waals surface area contributed by atoms with Crippen LogP contribution in [0.2, 0.25) is 0 Å². The van der Waals surface area contributed by atoms with Crippen molar-refractivity contribution in [1.82, 2.24) is 19.4 Å². The van der Waals surface area contributed by atoms with Gasteiger partial charge < -0.3 is 9.47 Å². The first-order valence-electron chi connectivity index (χ1n) is 9.30. The maximum Gasteiger partial charge on any atom is 0.254 e. The van der Waals surface area contributed by atoms with Crippen LogP contribution in [0.3, 0.4) is 0 Å². The van der Waals surface area contributed by atoms with Crippen molar-refractivity contribution in [2.24, 2.45) is 0 Å². The van der Waals surface area contributed by atoms with Crippen LogP contribution in [-0.2, 0) is 0 Å². The van der Waals surface area contributed by atoms with Crippen LogP contribution in [0, 0.1) is 0 Å². The summed E-state index contributed by atoms with van der Waals surface area (Å²) < 4.78 is 2.11. The fraction of sp³-hybridized carbons (Fsp3) is 0.381. The molecule has 4 rings (SSSR count). The van der Waals surface area contributed by atoms with E-state index in [0.29, 0.717) is 6.04 Å². The second kappa shape index (κ2) is 6.90. The zero-order chi connectivity index (χ0) is 18.1. The second-order valence-corrected chi connectivity index (χ2v) is 7.32. The van der Waals surface area contributed by atoms with Crippen LogP contribution >= 0.6 is 0 Å². The molecule has 5 heteroatoms. The van der Waals surface area contributed by atoms with Crippen LogP contribution in [0.5, 0.6) is 0 Å². The Hall–Kier alpha value is -2.69. The van der Waals surface area contributed by atoms with Gasteiger partial charge in [-0.2, -0.15) is 0 Å². The van der Waals surface area contributed by atoms with Gasteiger partial charge in [0, 0.05) is 36.6 Å². The number of para-hydroxylation sites is 1. The smallest absolute Gasteiger partial charge is 0.254 e. The number of rotatable bonds is 3. The Morgan fingerprint density at radius 2 is 2.12 bits per heavy atom. The van der Waals surface area contributed by atoms with E-state index in [9.17, 15) is 4.79 Å².